The van der Waals surface area contributed by atoms with Gasteiger partial charge in [-0.15, -0.1) is 0 Å². The Balaban J connectivity index is 2.07. The SMILES string of the molecule is CCCC1N[C@H]1C=O. The minimum absolute atomic E-state index is 0.190. The van der Waals surface area contributed by atoms with Crippen molar-refractivity contribution in [1.82, 2.24) is 5.32 Å². The average molecular weight is 113 g/mol. The quantitative estimate of drug-likeness (QED) is 0.423. The molecular formula is C6H11NO. The Kier molecular flexibility index (Phi) is 1.63. The zero-order chi connectivity index (χ0) is 5.98. The van der Waals surface area contributed by atoms with E-state index in [0.717, 1.165) is 12.7 Å². The number of carbonyl (C=O) groups excluding carboxylic acids is 1. The number of hydrogen-bond acceptors (Lipinski definition) is 2. The van der Waals surface area contributed by atoms with E-state index in [0.29, 0.717) is 6.04 Å². The van der Waals surface area contributed by atoms with Crippen LogP contribution >= 0.6 is 0 Å². The molecule has 2 nitrogen and oxygen atoms in total. The molecule has 0 spiro atoms. The van der Waals surface area contributed by atoms with E-state index in [1.165, 1.54) is 6.42 Å². The van der Waals surface area contributed by atoms with Crippen LogP contribution < -0.4 is 5.32 Å². The predicted octanol–water partition coefficient (Wildman–Crippen LogP) is 0.326. The standard InChI is InChI=1S/C6H11NO/c1-2-3-5-6(4-8)7-5/h4-7H,2-3H2,1H3/t5?,6-/m0/s1. The number of carbonyl (C=O) groups is 1. The first kappa shape index (κ1) is 5.76. The first-order valence-electron chi connectivity index (χ1n) is 3.10. The van der Waals surface area contributed by atoms with E-state index < -0.39 is 0 Å². The minimum Gasteiger partial charge on any atom is -0.302 e. The van der Waals surface area contributed by atoms with Gasteiger partial charge < -0.3 is 10.1 Å². The monoisotopic (exact) mass is 113 g/mol. The summed E-state index contributed by atoms with van der Waals surface area (Å²) in [5.74, 6) is 0. The van der Waals surface area contributed by atoms with Crippen molar-refractivity contribution in [3.05, 3.63) is 0 Å². The molecule has 0 bridgehead atoms. The summed E-state index contributed by atoms with van der Waals surface area (Å²) in [6, 6.07) is 0.701. The molecule has 0 aliphatic carbocycles. The lowest BCUT2D eigenvalue weighted by Crippen LogP contribution is -1.92. The summed E-state index contributed by atoms with van der Waals surface area (Å²) in [5, 5.41) is 3.05. The Hall–Kier alpha value is -0.370. The summed E-state index contributed by atoms with van der Waals surface area (Å²) in [7, 11) is 0. The van der Waals surface area contributed by atoms with Crippen LogP contribution in [0, 0.1) is 0 Å². The van der Waals surface area contributed by atoms with E-state index in [4.69, 9.17) is 0 Å². The highest BCUT2D eigenvalue weighted by molar-refractivity contribution is 5.63. The molecule has 1 rings (SSSR count). The molecule has 0 saturated carbocycles. The number of aldehydes is 1. The summed E-state index contributed by atoms with van der Waals surface area (Å²) in [6.07, 6.45) is 3.30. The minimum atomic E-state index is 0.190. The van der Waals surface area contributed by atoms with Crippen molar-refractivity contribution in [2.45, 2.75) is 31.8 Å². The van der Waals surface area contributed by atoms with Crippen LogP contribution in [0.4, 0.5) is 0 Å². The van der Waals surface area contributed by atoms with Gasteiger partial charge in [0.1, 0.15) is 6.29 Å². The van der Waals surface area contributed by atoms with Crippen LogP contribution in [0.15, 0.2) is 0 Å². The van der Waals surface area contributed by atoms with Crippen LogP contribution in [0.1, 0.15) is 19.8 Å². The second-order valence-corrected chi connectivity index (χ2v) is 2.22. The Bertz CT molecular complexity index is 92.5. The van der Waals surface area contributed by atoms with Gasteiger partial charge in [0, 0.05) is 6.04 Å². The van der Waals surface area contributed by atoms with Crippen LogP contribution in [-0.4, -0.2) is 18.4 Å². The maximum atomic E-state index is 9.99. The normalized spacial score (nSPS) is 34.6. The van der Waals surface area contributed by atoms with Crippen LogP contribution in [0.3, 0.4) is 0 Å². The highest BCUT2D eigenvalue weighted by atomic mass is 16.1. The van der Waals surface area contributed by atoms with E-state index in [1.807, 2.05) is 0 Å². The Morgan fingerprint density at radius 2 is 2.50 bits per heavy atom. The summed E-state index contributed by atoms with van der Waals surface area (Å²) in [4.78, 5) is 9.99. The molecule has 0 radical (unpaired) electrons. The van der Waals surface area contributed by atoms with Crippen molar-refractivity contribution in [2.75, 3.05) is 0 Å². The Labute approximate surface area is 49.3 Å². The average Bonchev–Trinajstić information content (AvgIpc) is 2.48. The summed E-state index contributed by atoms with van der Waals surface area (Å²) in [5.41, 5.74) is 0. The fourth-order valence-electron chi connectivity index (χ4n) is 0.900. The van der Waals surface area contributed by atoms with Crippen LogP contribution in [0.2, 0.25) is 0 Å². The first-order valence-corrected chi connectivity index (χ1v) is 3.10. The number of nitrogens with one attached hydrogen (secondary N) is 1. The van der Waals surface area contributed by atoms with Gasteiger partial charge >= 0.3 is 0 Å². The van der Waals surface area contributed by atoms with Gasteiger partial charge in [-0.2, -0.15) is 0 Å². The molecule has 1 unspecified atom stereocenters. The van der Waals surface area contributed by atoms with Crippen LogP contribution in [0.25, 0.3) is 0 Å². The molecule has 1 aliphatic rings. The number of hydrogen-bond donors (Lipinski definition) is 1. The molecule has 0 aromatic carbocycles. The second-order valence-electron chi connectivity index (χ2n) is 2.22. The lowest BCUT2D eigenvalue weighted by molar-refractivity contribution is -0.107. The van der Waals surface area contributed by atoms with Crippen molar-refractivity contribution in [3.8, 4) is 0 Å². The van der Waals surface area contributed by atoms with E-state index in [9.17, 15) is 4.79 Å². The maximum absolute atomic E-state index is 9.99. The smallest absolute Gasteiger partial charge is 0.138 e. The van der Waals surface area contributed by atoms with Gasteiger partial charge in [0.15, 0.2) is 0 Å². The molecule has 1 saturated heterocycles. The molecule has 2 heteroatoms. The fraction of sp³-hybridized carbons (Fsp3) is 0.833. The van der Waals surface area contributed by atoms with Gasteiger partial charge in [0.05, 0.1) is 6.04 Å². The van der Waals surface area contributed by atoms with Gasteiger partial charge in [-0.25, -0.2) is 0 Å². The predicted molar refractivity (Wildman–Crippen MR) is 31.7 cm³/mol. The Morgan fingerprint density at radius 1 is 1.75 bits per heavy atom. The summed E-state index contributed by atoms with van der Waals surface area (Å²) < 4.78 is 0. The molecular weight excluding hydrogens is 102 g/mol. The lowest BCUT2D eigenvalue weighted by Gasteiger charge is -1.83. The zero-order valence-electron chi connectivity index (χ0n) is 5.05. The summed E-state index contributed by atoms with van der Waals surface area (Å²) >= 11 is 0. The topological polar surface area (TPSA) is 39.0 Å². The molecule has 46 valence electrons. The van der Waals surface area contributed by atoms with Gasteiger partial charge in [0.25, 0.3) is 0 Å². The lowest BCUT2D eigenvalue weighted by atomic mass is 10.2. The third-order valence-electron chi connectivity index (χ3n) is 1.48. The third kappa shape index (κ3) is 1.07. The van der Waals surface area contributed by atoms with Crippen molar-refractivity contribution in [3.63, 3.8) is 0 Å². The van der Waals surface area contributed by atoms with Crippen molar-refractivity contribution < 1.29 is 4.79 Å². The Morgan fingerprint density at radius 3 is 2.88 bits per heavy atom. The van der Waals surface area contributed by atoms with Crippen LogP contribution in [0.5, 0.6) is 0 Å². The first-order chi connectivity index (χ1) is 3.88. The maximum Gasteiger partial charge on any atom is 0.138 e. The molecule has 0 aromatic rings. The van der Waals surface area contributed by atoms with E-state index in [1.54, 1.807) is 0 Å². The summed E-state index contributed by atoms with van der Waals surface area (Å²) in [6.45, 7) is 2.13. The van der Waals surface area contributed by atoms with Gasteiger partial charge in [-0.1, -0.05) is 13.3 Å². The fourth-order valence-corrected chi connectivity index (χ4v) is 0.900. The van der Waals surface area contributed by atoms with Gasteiger partial charge in [0.2, 0.25) is 0 Å². The van der Waals surface area contributed by atoms with Crippen molar-refractivity contribution in [1.29, 1.82) is 0 Å². The van der Waals surface area contributed by atoms with Crippen molar-refractivity contribution >= 4 is 6.29 Å². The zero-order valence-corrected chi connectivity index (χ0v) is 5.05. The molecule has 1 heterocycles. The molecule has 0 amide bonds. The molecule has 1 fully saturated rings. The van der Waals surface area contributed by atoms with Crippen molar-refractivity contribution in [2.24, 2.45) is 0 Å². The number of rotatable bonds is 3. The highest BCUT2D eigenvalue weighted by Gasteiger charge is 2.33. The largest absolute Gasteiger partial charge is 0.302 e. The van der Waals surface area contributed by atoms with E-state index in [-0.39, 0.29) is 6.04 Å². The van der Waals surface area contributed by atoms with Gasteiger partial charge in [-0.05, 0) is 6.42 Å². The van der Waals surface area contributed by atoms with Gasteiger partial charge in [-0.3, -0.25) is 0 Å². The highest BCUT2D eigenvalue weighted by Crippen LogP contribution is 2.13. The molecule has 2 atom stereocenters. The molecule has 8 heavy (non-hydrogen) atoms. The third-order valence-corrected chi connectivity index (χ3v) is 1.48. The molecule has 1 aliphatic heterocycles. The van der Waals surface area contributed by atoms with E-state index in [2.05, 4.69) is 12.2 Å². The molecule has 0 aromatic heterocycles. The van der Waals surface area contributed by atoms with E-state index >= 15 is 0 Å². The second kappa shape index (κ2) is 2.27. The van der Waals surface area contributed by atoms with Crippen LogP contribution in [-0.2, 0) is 4.79 Å². The molecule has 1 N–H and O–H groups in total.